The van der Waals surface area contributed by atoms with E-state index < -0.39 is 0 Å². The molecule has 3 aromatic heterocycles. The number of imidazole rings is 1. The lowest BCUT2D eigenvalue weighted by Crippen LogP contribution is -2.43. The summed E-state index contributed by atoms with van der Waals surface area (Å²) in [5.41, 5.74) is 2.85. The first-order chi connectivity index (χ1) is 16.2. The Morgan fingerprint density at radius 2 is 1.97 bits per heavy atom. The van der Waals surface area contributed by atoms with E-state index in [9.17, 15) is 5.11 Å². The zero-order valence-electron chi connectivity index (χ0n) is 19.4. The first kappa shape index (κ1) is 22.0. The molecule has 1 aliphatic carbocycles. The summed E-state index contributed by atoms with van der Waals surface area (Å²) in [6, 6.07) is 4.16. The van der Waals surface area contributed by atoms with Gasteiger partial charge in [-0.2, -0.15) is 0 Å². The third-order valence-corrected chi connectivity index (χ3v) is 6.75. The summed E-state index contributed by atoms with van der Waals surface area (Å²) in [5.74, 6) is 2.86. The van der Waals surface area contributed by atoms with Crippen molar-refractivity contribution in [3.8, 4) is 11.3 Å². The van der Waals surface area contributed by atoms with Gasteiger partial charge in [0.1, 0.15) is 17.2 Å². The molecule has 33 heavy (non-hydrogen) atoms. The van der Waals surface area contributed by atoms with Crippen molar-refractivity contribution in [1.29, 1.82) is 0 Å². The minimum atomic E-state index is -0.199. The molecule has 1 aliphatic heterocycles. The maximum absolute atomic E-state index is 10.0. The number of fused-ring (bicyclic) bond motifs is 1. The quantitative estimate of drug-likeness (QED) is 0.472. The summed E-state index contributed by atoms with van der Waals surface area (Å²) in [4.78, 5) is 16.7. The van der Waals surface area contributed by atoms with E-state index in [0.717, 1.165) is 99.7 Å². The molecule has 2 fully saturated rings. The van der Waals surface area contributed by atoms with Crippen molar-refractivity contribution in [1.82, 2.24) is 29.9 Å². The summed E-state index contributed by atoms with van der Waals surface area (Å²) >= 11 is 0. The Kier molecular flexibility index (Phi) is 6.68. The summed E-state index contributed by atoms with van der Waals surface area (Å²) in [6.07, 6.45) is 9.22. The predicted molar refractivity (Wildman–Crippen MR) is 130 cm³/mol. The first-order valence-corrected chi connectivity index (χ1v) is 12.3. The lowest BCUT2D eigenvalue weighted by molar-refractivity contribution is 0.121. The van der Waals surface area contributed by atoms with Gasteiger partial charge in [-0.3, -0.25) is 0 Å². The van der Waals surface area contributed by atoms with Crippen molar-refractivity contribution in [2.75, 3.05) is 42.9 Å². The van der Waals surface area contributed by atoms with Crippen LogP contribution in [0.15, 0.2) is 24.5 Å². The number of aliphatic hydroxyl groups excluding tert-OH is 1. The molecule has 4 heterocycles. The molecule has 3 aromatic rings. The van der Waals surface area contributed by atoms with Crippen LogP contribution >= 0.6 is 0 Å². The van der Waals surface area contributed by atoms with Crippen molar-refractivity contribution in [3.63, 3.8) is 0 Å². The van der Waals surface area contributed by atoms with Crippen LogP contribution in [0.3, 0.4) is 0 Å². The number of unbranched alkanes of at least 4 members (excludes halogenated alkanes) is 1. The smallest absolute Gasteiger partial charge is 0.241 e. The van der Waals surface area contributed by atoms with Gasteiger partial charge in [0.05, 0.1) is 18.0 Å². The molecule has 1 saturated heterocycles. The summed E-state index contributed by atoms with van der Waals surface area (Å²) < 4.78 is 1.98. The van der Waals surface area contributed by atoms with E-state index in [1.807, 2.05) is 23.0 Å². The molecule has 9 nitrogen and oxygen atoms in total. The highest BCUT2D eigenvalue weighted by Gasteiger charge is 2.27. The second-order valence-electron chi connectivity index (χ2n) is 9.12. The Morgan fingerprint density at radius 3 is 2.76 bits per heavy atom. The van der Waals surface area contributed by atoms with E-state index in [1.54, 1.807) is 0 Å². The van der Waals surface area contributed by atoms with Gasteiger partial charge in [0.15, 0.2) is 0 Å². The topological polar surface area (TPSA) is 104 Å². The number of aliphatic hydroxyl groups is 1. The highest BCUT2D eigenvalue weighted by atomic mass is 16.3. The van der Waals surface area contributed by atoms with Crippen molar-refractivity contribution in [2.45, 2.75) is 57.5 Å². The van der Waals surface area contributed by atoms with E-state index in [0.29, 0.717) is 5.95 Å². The Balaban J connectivity index is 1.53. The molecule has 176 valence electrons. The van der Waals surface area contributed by atoms with Gasteiger partial charge in [-0.05, 0) is 44.2 Å². The standard InChI is InChI=1S/C24H34N8O/c1-2-3-9-27-24-28-16-20-22(18-8-10-26-21(15-18)31-13-11-25-12-14-31)29-23(32(20)30-24)17-4-6-19(33)7-5-17/h8,10,15-17,19,25,33H,2-7,9,11-14H2,1H3,(H,27,30). The van der Waals surface area contributed by atoms with Crippen LogP contribution in [0.25, 0.3) is 16.8 Å². The van der Waals surface area contributed by atoms with Gasteiger partial charge in [0.2, 0.25) is 5.95 Å². The molecular weight excluding hydrogens is 416 g/mol. The number of anilines is 2. The SMILES string of the molecule is CCCCNc1ncc2c(-c3ccnc(N4CCNCC4)c3)nc(C3CCC(O)CC3)n2n1. The average molecular weight is 451 g/mol. The molecule has 3 N–H and O–H groups in total. The molecule has 0 spiro atoms. The van der Waals surface area contributed by atoms with Crippen LogP contribution in [-0.4, -0.2) is 68.5 Å². The van der Waals surface area contributed by atoms with Crippen molar-refractivity contribution in [3.05, 3.63) is 30.4 Å². The number of nitrogens with one attached hydrogen (secondary N) is 2. The van der Waals surface area contributed by atoms with Gasteiger partial charge in [0.25, 0.3) is 0 Å². The molecule has 0 atom stereocenters. The van der Waals surface area contributed by atoms with Gasteiger partial charge in [-0.15, -0.1) is 5.10 Å². The summed E-state index contributed by atoms with van der Waals surface area (Å²) in [6.45, 7) is 6.87. The number of aromatic nitrogens is 5. The first-order valence-electron chi connectivity index (χ1n) is 12.3. The van der Waals surface area contributed by atoms with Crippen LogP contribution in [0.2, 0.25) is 0 Å². The normalized spacial score (nSPS) is 21.5. The molecule has 0 amide bonds. The van der Waals surface area contributed by atoms with Gasteiger partial charge in [-0.1, -0.05) is 13.3 Å². The molecule has 0 aromatic carbocycles. The number of piperazine rings is 1. The maximum Gasteiger partial charge on any atom is 0.241 e. The monoisotopic (exact) mass is 450 g/mol. The second kappa shape index (κ2) is 10.0. The van der Waals surface area contributed by atoms with Gasteiger partial charge >= 0.3 is 0 Å². The molecule has 1 saturated carbocycles. The molecule has 0 radical (unpaired) electrons. The highest BCUT2D eigenvalue weighted by Crippen LogP contribution is 2.35. The van der Waals surface area contributed by atoms with Gasteiger partial charge < -0.3 is 20.6 Å². The van der Waals surface area contributed by atoms with E-state index in [1.165, 1.54) is 0 Å². The lowest BCUT2D eigenvalue weighted by atomic mass is 9.87. The molecule has 0 bridgehead atoms. The Morgan fingerprint density at radius 1 is 1.15 bits per heavy atom. The fourth-order valence-corrected chi connectivity index (χ4v) is 4.81. The van der Waals surface area contributed by atoms with Crippen molar-refractivity contribution >= 4 is 17.3 Å². The summed E-state index contributed by atoms with van der Waals surface area (Å²) in [7, 11) is 0. The van der Waals surface area contributed by atoms with E-state index >= 15 is 0 Å². The minimum Gasteiger partial charge on any atom is -0.393 e. The molecule has 9 heteroatoms. The third-order valence-electron chi connectivity index (χ3n) is 6.75. The molecule has 0 unspecified atom stereocenters. The highest BCUT2D eigenvalue weighted by molar-refractivity contribution is 5.78. The number of rotatable bonds is 7. The van der Waals surface area contributed by atoms with Crippen LogP contribution < -0.4 is 15.5 Å². The largest absolute Gasteiger partial charge is 0.393 e. The number of hydrogen-bond donors (Lipinski definition) is 3. The Hall–Kier alpha value is -2.78. The number of nitrogens with zero attached hydrogens (tertiary/aromatic N) is 6. The van der Waals surface area contributed by atoms with Crippen LogP contribution in [0.1, 0.15) is 57.2 Å². The zero-order chi connectivity index (χ0) is 22.6. The lowest BCUT2D eigenvalue weighted by Gasteiger charge is -2.28. The van der Waals surface area contributed by atoms with Crippen LogP contribution in [0, 0.1) is 0 Å². The zero-order valence-corrected chi connectivity index (χ0v) is 19.4. The number of pyridine rings is 1. The second-order valence-corrected chi connectivity index (χ2v) is 9.12. The van der Waals surface area contributed by atoms with Crippen LogP contribution in [0.4, 0.5) is 11.8 Å². The fourth-order valence-electron chi connectivity index (χ4n) is 4.81. The Bertz CT molecular complexity index is 1070. The minimum absolute atomic E-state index is 0.199. The molecular formula is C24H34N8O. The van der Waals surface area contributed by atoms with E-state index in [4.69, 9.17) is 10.1 Å². The van der Waals surface area contributed by atoms with Crippen LogP contribution in [-0.2, 0) is 0 Å². The molecule has 5 rings (SSSR count). The maximum atomic E-state index is 10.0. The predicted octanol–water partition coefficient (Wildman–Crippen LogP) is 2.83. The fraction of sp³-hybridized carbons (Fsp3) is 0.583. The number of hydrogen-bond acceptors (Lipinski definition) is 8. The third kappa shape index (κ3) is 4.79. The van der Waals surface area contributed by atoms with Gasteiger partial charge in [-0.25, -0.2) is 19.5 Å². The Labute approximate surface area is 194 Å². The molecule has 2 aliphatic rings. The van der Waals surface area contributed by atoms with E-state index in [-0.39, 0.29) is 12.0 Å². The van der Waals surface area contributed by atoms with Crippen molar-refractivity contribution < 1.29 is 5.11 Å². The summed E-state index contributed by atoms with van der Waals surface area (Å²) in [5, 5.41) is 21.6. The van der Waals surface area contributed by atoms with E-state index in [2.05, 4.69) is 38.5 Å². The van der Waals surface area contributed by atoms with Gasteiger partial charge in [0, 0.05) is 50.4 Å². The average Bonchev–Trinajstić information content (AvgIpc) is 3.24. The van der Waals surface area contributed by atoms with Crippen molar-refractivity contribution in [2.24, 2.45) is 0 Å². The van der Waals surface area contributed by atoms with Crippen LogP contribution in [0.5, 0.6) is 0 Å².